The third-order valence-electron chi connectivity index (χ3n) is 7.06. The zero-order chi connectivity index (χ0) is 26.6. The Morgan fingerprint density at radius 2 is 1.71 bits per heavy atom. The monoisotopic (exact) mass is 486 g/mol. The van der Waals surface area contributed by atoms with Gasteiger partial charge in [-0.3, -0.25) is 9.59 Å². The highest BCUT2D eigenvalue weighted by Crippen LogP contribution is 2.41. The standard InChI is InChI=1S/C28H42N2O5/c1-9-28(10-2,20-12-14-22(19(4)16-20)35-18-24(31)27(5,6)7)23-15-13-21(30(23)11-3)26(34)29(8)17-25(32)33/h12-16,24,31H,9-11,17-18H2,1-8H3,(H,32,33). The van der Waals surface area contributed by atoms with Gasteiger partial charge in [0.15, 0.2) is 0 Å². The number of hydrogen-bond acceptors (Lipinski definition) is 4. The second-order valence-corrected chi connectivity index (χ2v) is 10.4. The average Bonchev–Trinajstić information content (AvgIpc) is 3.22. The second kappa shape index (κ2) is 11.3. The van der Waals surface area contributed by atoms with E-state index < -0.39 is 12.1 Å². The molecule has 0 fully saturated rings. The van der Waals surface area contributed by atoms with E-state index in [1.54, 1.807) is 6.07 Å². The van der Waals surface area contributed by atoms with Crippen molar-refractivity contribution >= 4 is 11.9 Å². The van der Waals surface area contributed by atoms with E-state index in [4.69, 9.17) is 9.84 Å². The summed E-state index contributed by atoms with van der Waals surface area (Å²) in [5.41, 5.74) is 3.07. The van der Waals surface area contributed by atoms with Crippen LogP contribution in [0, 0.1) is 12.3 Å². The molecule has 0 saturated heterocycles. The fraction of sp³-hybridized carbons (Fsp3) is 0.571. The van der Waals surface area contributed by atoms with Crippen molar-refractivity contribution in [2.75, 3.05) is 20.2 Å². The van der Waals surface area contributed by atoms with Crippen LogP contribution in [-0.4, -0.2) is 57.9 Å². The molecule has 0 radical (unpaired) electrons. The first-order valence-electron chi connectivity index (χ1n) is 12.4. The number of rotatable bonds is 11. The van der Waals surface area contributed by atoms with Crippen molar-refractivity contribution in [1.29, 1.82) is 0 Å². The van der Waals surface area contributed by atoms with Crippen LogP contribution in [0.15, 0.2) is 30.3 Å². The van der Waals surface area contributed by atoms with Crippen LogP contribution in [0.4, 0.5) is 0 Å². The minimum atomic E-state index is -1.04. The number of aryl methyl sites for hydroxylation is 1. The first-order valence-corrected chi connectivity index (χ1v) is 12.4. The van der Waals surface area contributed by atoms with Gasteiger partial charge < -0.3 is 24.4 Å². The molecule has 1 amide bonds. The van der Waals surface area contributed by atoms with Crippen molar-refractivity contribution in [3.8, 4) is 5.75 Å². The normalized spacial score (nSPS) is 12.9. The Hall–Kier alpha value is -2.80. The third kappa shape index (κ3) is 6.07. The van der Waals surface area contributed by atoms with Crippen molar-refractivity contribution in [1.82, 2.24) is 9.47 Å². The smallest absolute Gasteiger partial charge is 0.323 e. The number of carbonyl (C=O) groups excluding carboxylic acids is 1. The van der Waals surface area contributed by atoms with E-state index in [0.29, 0.717) is 12.2 Å². The molecule has 0 saturated carbocycles. The highest BCUT2D eigenvalue weighted by Gasteiger charge is 2.35. The molecule has 35 heavy (non-hydrogen) atoms. The van der Waals surface area contributed by atoms with Crippen LogP contribution in [0.2, 0.25) is 0 Å². The number of likely N-dealkylation sites (N-methyl/N-ethyl adjacent to an activating group) is 1. The molecule has 7 nitrogen and oxygen atoms in total. The predicted molar refractivity (Wildman–Crippen MR) is 138 cm³/mol. The van der Waals surface area contributed by atoms with Gasteiger partial charge in [0.1, 0.15) is 24.6 Å². The molecule has 0 aliphatic rings. The van der Waals surface area contributed by atoms with Crippen molar-refractivity contribution < 1.29 is 24.5 Å². The fourth-order valence-corrected chi connectivity index (χ4v) is 4.58. The van der Waals surface area contributed by atoms with E-state index in [-0.39, 0.29) is 29.9 Å². The van der Waals surface area contributed by atoms with E-state index in [1.165, 1.54) is 11.9 Å². The number of aliphatic carboxylic acids is 1. The maximum absolute atomic E-state index is 13.0. The van der Waals surface area contributed by atoms with Crippen LogP contribution in [0.25, 0.3) is 0 Å². The number of amides is 1. The molecule has 7 heteroatoms. The van der Waals surface area contributed by atoms with Crippen LogP contribution in [-0.2, 0) is 16.8 Å². The van der Waals surface area contributed by atoms with Gasteiger partial charge in [0.25, 0.3) is 5.91 Å². The molecule has 1 atom stereocenters. The van der Waals surface area contributed by atoms with Gasteiger partial charge >= 0.3 is 5.97 Å². The topological polar surface area (TPSA) is 92.0 Å². The lowest BCUT2D eigenvalue weighted by atomic mass is 9.72. The Morgan fingerprint density at radius 3 is 2.20 bits per heavy atom. The number of carbonyl (C=O) groups is 2. The van der Waals surface area contributed by atoms with Gasteiger partial charge in [0, 0.05) is 24.7 Å². The van der Waals surface area contributed by atoms with Gasteiger partial charge in [0.05, 0.1) is 6.10 Å². The lowest BCUT2D eigenvalue weighted by Crippen LogP contribution is -2.35. The molecule has 1 unspecified atom stereocenters. The summed E-state index contributed by atoms with van der Waals surface area (Å²) in [7, 11) is 1.51. The molecule has 1 heterocycles. The van der Waals surface area contributed by atoms with Gasteiger partial charge in [-0.2, -0.15) is 0 Å². The molecule has 2 N–H and O–H groups in total. The number of ether oxygens (including phenoxy) is 1. The quantitative estimate of drug-likeness (QED) is 0.473. The molecule has 0 spiro atoms. The summed E-state index contributed by atoms with van der Waals surface area (Å²) in [6.07, 6.45) is 1.08. The van der Waals surface area contributed by atoms with E-state index in [2.05, 4.69) is 26.0 Å². The first-order chi connectivity index (χ1) is 16.3. The molecule has 2 rings (SSSR count). The van der Waals surface area contributed by atoms with Crippen molar-refractivity contribution in [3.63, 3.8) is 0 Å². The number of aromatic nitrogens is 1. The summed E-state index contributed by atoms with van der Waals surface area (Å²) in [5, 5.41) is 19.4. The molecular formula is C28H42N2O5. The lowest BCUT2D eigenvalue weighted by Gasteiger charge is -2.35. The minimum Gasteiger partial charge on any atom is -0.491 e. The number of nitrogens with zero attached hydrogens (tertiary/aromatic N) is 2. The summed E-state index contributed by atoms with van der Waals surface area (Å²) < 4.78 is 7.96. The van der Waals surface area contributed by atoms with Gasteiger partial charge in [-0.15, -0.1) is 0 Å². The summed E-state index contributed by atoms with van der Waals surface area (Å²) in [4.78, 5) is 25.4. The zero-order valence-electron chi connectivity index (χ0n) is 22.5. The molecule has 1 aromatic carbocycles. The van der Waals surface area contributed by atoms with Crippen LogP contribution in [0.3, 0.4) is 0 Å². The van der Waals surface area contributed by atoms with Crippen LogP contribution < -0.4 is 4.74 Å². The molecule has 0 aliphatic carbocycles. The zero-order valence-corrected chi connectivity index (χ0v) is 22.5. The summed E-state index contributed by atoms with van der Waals surface area (Å²) in [5.74, 6) is -0.603. The van der Waals surface area contributed by atoms with E-state index in [1.807, 2.05) is 51.3 Å². The average molecular weight is 487 g/mol. The summed E-state index contributed by atoms with van der Waals surface area (Å²) >= 11 is 0. The first kappa shape index (κ1) is 28.4. The Bertz CT molecular complexity index is 1030. The predicted octanol–water partition coefficient (Wildman–Crippen LogP) is 4.86. The number of carboxylic acids is 1. The summed E-state index contributed by atoms with van der Waals surface area (Å²) in [6.45, 7) is 14.7. The molecule has 1 aromatic heterocycles. The SMILES string of the molecule is CCn1c(C(=O)N(C)CC(=O)O)ccc1C(CC)(CC)c1ccc(OCC(O)C(C)(C)C)c(C)c1. The van der Waals surface area contributed by atoms with Gasteiger partial charge in [-0.1, -0.05) is 46.8 Å². The summed E-state index contributed by atoms with van der Waals surface area (Å²) in [6, 6.07) is 9.97. The van der Waals surface area contributed by atoms with Crippen molar-refractivity contribution in [2.45, 2.75) is 79.4 Å². The van der Waals surface area contributed by atoms with Crippen LogP contribution >= 0.6 is 0 Å². The lowest BCUT2D eigenvalue weighted by molar-refractivity contribution is -0.137. The maximum Gasteiger partial charge on any atom is 0.323 e. The van der Waals surface area contributed by atoms with E-state index in [9.17, 15) is 14.7 Å². The Balaban J connectivity index is 2.46. The second-order valence-electron chi connectivity index (χ2n) is 10.4. The van der Waals surface area contributed by atoms with Crippen LogP contribution in [0.5, 0.6) is 5.75 Å². The Kier molecular flexibility index (Phi) is 9.17. The molecule has 2 aromatic rings. The number of aliphatic hydroxyl groups excluding tert-OH is 1. The highest BCUT2D eigenvalue weighted by atomic mass is 16.5. The fourth-order valence-electron chi connectivity index (χ4n) is 4.58. The highest BCUT2D eigenvalue weighted by molar-refractivity contribution is 5.94. The number of hydrogen-bond donors (Lipinski definition) is 2. The van der Waals surface area contributed by atoms with Crippen molar-refractivity contribution in [3.05, 3.63) is 52.8 Å². The maximum atomic E-state index is 13.0. The number of carboxylic acid groups (broad SMARTS) is 1. The molecule has 194 valence electrons. The van der Waals surface area contributed by atoms with Crippen LogP contribution in [0.1, 0.15) is 81.7 Å². The van der Waals surface area contributed by atoms with E-state index >= 15 is 0 Å². The Labute approximate surface area is 209 Å². The minimum absolute atomic E-state index is 0.227. The third-order valence-corrected chi connectivity index (χ3v) is 7.06. The van der Waals surface area contributed by atoms with Gasteiger partial charge in [-0.05, 0) is 61.4 Å². The Morgan fingerprint density at radius 1 is 1.09 bits per heavy atom. The number of benzene rings is 1. The molecular weight excluding hydrogens is 444 g/mol. The van der Waals surface area contributed by atoms with E-state index in [0.717, 1.165) is 35.4 Å². The number of aliphatic hydroxyl groups is 1. The van der Waals surface area contributed by atoms with Gasteiger partial charge in [0.2, 0.25) is 0 Å². The largest absolute Gasteiger partial charge is 0.491 e. The molecule has 0 aliphatic heterocycles. The van der Waals surface area contributed by atoms with Crippen molar-refractivity contribution in [2.24, 2.45) is 5.41 Å². The van der Waals surface area contributed by atoms with Gasteiger partial charge in [-0.25, -0.2) is 0 Å². The molecule has 0 bridgehead atoms.